The lowest BCUT2D eigenvalue weighted by Crippen LogP contribution is -2.33. The summed E-state index contributed by atoms with van der Waals surface area (Å²) >= 11 is 0. The first-order valence-corrected chi connectivity index (χ1v) is 15.6. The fraction of sp³-hybridized carbons (Fsp3) is 0.0233. The quantitative estimate of drug-likeness (QED) is 0.223. The van der Waals surface area contributed by atoms with E-state index in [1.165, 1.54) is 72.0 Å². The van der Waals surface area contributed by atoms with Crippen LogP contribution >= 0.6 is 0 Å². The molecule has 0 fully saturated rings. The van der Waals surface area contributed by atoms with Gasteiger partial charge in [0.15, 0.2) is 0 Å². The molecule has 2 heteroatoms. The predicted octanol–water partition coefficient (Wildman–Crippen LogP) is 10.9. The average Bonchev–Trinajstić information content (AvgIpc) is 3.59. The Morgan fingerprint density at radius 1 is 0.422 bits per heavy atom. The van der Waals surface area contributed by atoms with E-state index < -0.39 is 5.41 Å². The maximum atomic E-state index is 3.75. The molecule has 0 bridgehead atoms. The summed E-state index contributed by atoms with van der Waals surface area (Å²) in [6.07, 6.45) is 0. The molecule has 1 aliphatic heterocycles. The monoisotopic (exact) mass is 572 g/mol. The van der Waals surface area contributed by atoms with E-state index in [4.69, 9.17) is 0 Å². The van der Waals surface area contributed by atoms with E-state index in [1.54, 1.807) is 0 Å². The number of nitrogens with zero attached hydrogens (tertiary/aromatic N) is 1. The molecule has 1 aromatic heterocycles. The Balaban J connectivity index is 1.22. The van der Waals surface area contributed by atoms with Crippen LogP contribution in [-0.2, 0) is 5.41 Å². The summed E-state index contributed by atoms with van der Waals surface area (Å²) in [5.74, 6) is 0. The van der Waals surface area contributed by atoms with Gasteiger partial charge in [-0.05, 0) is 80.9 Å². The Morgan fingerprint density at radius 2 is 1.07 bits per heavy atom. The molecule has 10 rings (SSSR count). The number of benzene rings is 7. The van der Waals surface area contributed by atoms with E-state index in [0.717, 1.165) is 11.4 Å². The SMILES string of the molecule is c1ccc(-c2ccc(Nc3ccc4c(c3)C3(c5ccccc5-4)c4ccccc4-n4c5ccccc5c5cccc3c54)cc2)cc1. The fourth-order valence-corrected chi connectivity index (χ4v) is 8.18. The Kier molecular flexibility index (Phi) is 4.95. The highest BCUT2D eigenvalue weighted by Gasteiger charge is 2.50. The van der Waals surface area contributed by atoms with Gasteiger partial charge in [0, 0.05) is 22.1 Å². The van der Waals surface area contributed by atoms with Crippen molar-refractivity contribution in [1.82, 2.24) is 4.57 Å². The van der Waals surface area contributed by atoms with Crippen molar-refractivity contribution in [2.45, 2.75) is 5.41 Å². The van der Waals surface area contributed by atoms with Crippen molar-refractivity contribution in [3.05, 3.63) is 186 Å². The van der Waals surface area contributed by atoms with Crippen LogP contribution in [0.15, 0.2) is 164 Å². The van der Waals surface area contributed by atoms with Gasteiger partial charge in [0.25, 0.3) is 0 Å². The molecule has 1 atom stereocenters. The second-order valence-electron chi connectivity index (χ2n) is 12.2. The lowest BCUT2D eigenvalue weighted by atomic mass is 9.65. The van der Waals surface area contributed by atoms with Crippen molar-refractivity contribution in [3.63, 3.8) is 0 Å². The van der Waals surface area contributed by atoms with Crippen LogP contribution in [0.2, 0.25) is 0 Å². The summed E-state index contributed by atoms with van der Waals surface area (Å²) in [5, 5.41) is 6.34. The summed E-state index contributed by atoms with van der Waals surface area (Å²) in [4.78, 5) is 0. The highest BCUT2D eigenvalue weighted by atomic mass is 15.0. The zero-order valence-corrected chi connectivity index (χ0v) is 24.5. The first-order valence-electron chi connectivity index (χ1n) is 15.6. The highest BCUT2D eigenvalue weighted by molar-refractivity contribution is 6.12. The van der Waals surface area contributed by atoms with Crippen molar-refractivity contribution >= 4 is 33.2 Å². The zero-order chi connectivity index (χ0) is 29.5. The van der Waals surface area contributed by atoms with Crippen molar-refractivity contribution in [3.8, 4) is 27.9 Å². The van der Waals surface area contributed by atoms with Gasteiger partial charge >= 0.3 is 0 Å². The number of anilines is 2. The molecule has 1 spiro atoms. The molecule has 0 radical (unpaired) electrons. The van der Waals surface area contributed by atoms with E-state index in [2.05, 4.69) is 174 Å². The molecule has 1 unspecified atom stereocenters. The summed E-state index contributed by atoms with van der Waals surface area (Å²) in [5.41, 5.74) is 15.9. The highest BCUT2D eigenvalue weighted by Crippen LogP contribution is 2.61. The van der Waals surface area contributed by atoms with E-state index in [0.29, 0.717) is 0 Å². The second-order valence-corrected chi connectivity index (χ2v) is 12.2. The number of aromatic nitrogens is 1. The minimum absolute atomic E-state index is 0.443. The Hall–Kier alpha value is -5.86. The van der Waals surface area contributed by atoms with Crippen LogP contribution in [-0.4, -0.2) is 4.57 Å². The van der Waals surface area contributed by atoms with E-state index in [-0.39, 0.29) is 0 Å². The normalized spacial score (nSPS) is 15.6. The van der Waals surface area contributed by atoms with Crippen molar-refractivity contribution in [1.29, 1.82) is 0 Å². The molecule has 0 amide bonds. The van der Waals surface area contributed by atoms with Gasteiger partial charge in [-0.1, -0.05) is 127 Å². The largest absolute Gasteiger partial charge is 0.356 e. The number of rotatable bonds is 3. The van der Waals surface area contributed by atoms with Crippen LogP contribution < -0.4 is 5.32 Å². The van der Waals surface area contributed by atoms with Gasteiger partial charge in [-0.2, -0.15) is 0 Å². The third-order valence-electron chi connectivity index (χ3n) is 9.97. The average molecular weight is 573 g/mol. The van der Waals surface area contributed by atoms with E-state index >= 15 is 0 Å². The zero-order valence-electron chi connectivity index (χ0n) is 24.5. The minimum Gasteiger partial charge on any atom is -0.356 e. The summed E-state index contributed by atoms with van der Waals surface area (Å²) in [7, 11) is 0. The molecule has 1 N–H and O–H groups in total. The maximum absolute atomic E-state index is 3.75. The van der Waals surface area contributed by atoms with Crippen LogP contribution in [0.4, 0.5) is 11.4 Å². The fourth-order valence-electron chi connectivity index (χ4n) is 8.18. The van der Waals surface area contributed by atoms with Gasteiger partial charge in [0.05, 0.1) is 22.1 Å². The van der Waals surface area contributed by atoms with Crippen molar-refractivity contribution < 1.29 is 0 Å². The maximum Gasteiger partial charge on any atom is 0.0755 e. The Labute approximate surface area is 261 Å². The second kappa shape index (κ2) is 9.07. The number of nitrogens with one attached hydrogen (secondary N) is 1. The number of para-hydroxylation sites is 3. The first-order chi connectivity index (χ1) is 22.3. The number of hydrogen-bond acceptors (Lipinski definition) is 1. The van der Waals surface area contributed by atoms with Gasteiger partial charge in [-0.15, -0.1) is 0 Å². The summed E-state index contributed by atoms with van der Waals surface area (Å²) in [6, 6.07) is 60.0. The van der Waals surface area contributed by atoms with E-state index in [1.807, 2.05) is 0 Å². The van der Waals surface area contributed by atoms with Crippen LogP contribution in [0, 0.1) is 0 Å². The van der Waals surface area contributed by atoms with Gasteiger partial charge < -0.3 is 9.88 Å². The molecule has 7 aromatic carbocycles. The summed E-state index contributed by atoms with van der Waals surface area (Å²) in [6.45, 7) is 0. The molecular formula is C43H28N2. The molecule has 2 aliphatic rings. The molecular weight excluding hydrogens is 544 g/mol. The third-order valence-corrected chi connectivity index (χ3v) is 9.97. The van der Waals surface area contributed by atoms with Crippen LogP contribution in [0.5, 0.6) is 0 Å². The van der Waals surface area contributed by atoms with Gasteiger partial charge in [-0.3, -0.25) is 0 Å². The molecule has 45 heavy (non-hydrogen) atoms. The molecule has 2 heterocycles. The van der Waals surface area contributed by atoms with Crippen LogP contribution in [0.25, 0.3) is 49.7 Å². The minimum atomic E-state index is -0.443. The first kappa shape index (κ1) is 24.6. The van der Waals surface area contributed by atoms with Gasteiger partial charge in [0.2, 0.25) is 0 Å². The smallest absolute Gasteiger partial charge is 0.0755 e. The van der Waals surface area contributed by atoms with Gasteiger partial charge in [-0.25, -0.2) is 0 Å². The lowest BCUT2D eigenvalue weighted by molar-refractivity contribution is 0.749. The van der Waals surface area contributed by atoms with Crippen LogP contribution in [0.1, 0.15) is 22.3 Å². The molecule has 210 valence electrons. The Bertz CT molecular complexity index is 2450. The van der Waals surface area contributed by atoms with Crippen LogP contribution in [0.3, 0.4) is 0 Å². The van der Waals surface area contributed by atoms with Crippen molar-refractivity contribution in [2.24, 2.45) is 0 Å². The van der Waals surface area contributed by atoms with Gasteiger partial charge in [0.1, 0.15) is 0 Å². The molecule has 8 aromatic rings. The molecule has 0 saturated heterocycles. The third kappa shape index (κ3) is 3.23. The Morgan fingerprint density at radius 3 is 1.96 bits per heavy atom. The molecule has 2 nitrogen and oxygen atoms in total. The van der Waals surface area contributed by atoms with Crippen molar-refractivity contribution in [2.75, 3.05) is 5.32 Å². The number of fused-ring (bicyclic) bond motifs is 12. The number of hydrogen-bond donors (Lipinski definition) is 1. The molecule has 0 saturated carbocycles. The topological polar surface area (TPSA) is 17.0 Å². The standard InChI is InChI=1S/C43H28N2/c1-2-11-28(12-3-1)29-21-23-30(24-22-29)44-31-25-26-33-32-13-4-6-16-36(32)43(39(33)27-31)37-17-7-9-20-41(37)45-40-19-8-5-14-34(40)35-15-10-18-38(43)42(35)45/h1-27,44H. The predicted molar refractivity (Wildman–Crippen MR) is 187 cm³/mol. The molecule has 1 aliphatic carbocycles. The summed E-state index contributed by atoms with van der Waals surface area (Å²) < 4.78 is 2.50. The lowest BCUT2D eigenvalue weighted by Gasteiger charge is -2.39. The van der Waals surface area contributed by atoms with E-state index in [9.17, 15) is 0 Å².